The van der Waals surface area contributed by atoms with Gasteiger partial charge in [-0.2, -0.15) is 0 Å². The molecule has 3 unspecified atom stereocenters. The highest BCUT2D eigenvalue weighted by atomic mass is 35.5. The molecule has 1 saturated heterocycles. The molecule has 20 heavy (non-hydrogen) atoms. The van der Waals surface area contributed by atoms with Crippen LogP contribution in [0.3, 0.4) is 0 Å². The highest BCUT2D eigenvalue weighted by Crippen LogP contribution is 2.18. The Bertz CT molecular complexity index is 406. The topological polar surface area (TPSA) is 41.1 Å². The predicted octanol–water partition coefficient (Wildman–Crippen LogP) is 2.70. The van der Waals surface area contributed by atoms with Crippen molar-refractivity contribution in [2.75, 3.05) is 12.3 Å². The van der Waals surface area contributed by atoms with Crippen molar-refractivity contribution in [3.63, 3.8) is 0 Å². The summed E-state index contributed by atoms with van der Waals surface area (Å²) in [5.74, 6) is 1.16. The maximum absolute atomic E-state index is 12.0. The summed E-state index contributed by atoms with van der Waals surface area (Å²) in [7, 11) is 0. The summed E-state index contributed by atoms with van der Waals surface area (Å²) in [6, 6.07) is 10.6. The number of carbonyl (C=O) groups is 1. The third-order valence-corrected chi connectivity index (χ3v) is 4.67. The smallest absolute Gasteiger partial charge is 0.230 e. The maximum Gasteiger partial charge on any atom is 0.230 e. The third kappa shape index (κ3) is 5.00. The Labute approximate surface area is 131 Å². The van der Waals surface area contributed by atoms with Crippen molar-refractivity contribution in [1.29, 1.82) is 0 Å². The molecule has 3 nitrogen and oxygen atoms in total. The molecular formula is C15H23ClN2OS. The lowest BCUT2D eigenvalue weighted by molar-refractivity contribution is -0.120. The second-order valence-electron chi connectivity index (χ2n) is 5.20. The van der Waals surface area contributed by atoms with Gasteiger partial charge in [0, 0.05) is 17.0 Å². The van der Waals surface area contributed by atoms with Crippen molar-refractivity contribution in [1.82, 2.24) is 10.6 Å². The predicted molar refractivity (Wildman–Crippen MR) is 87.6 cm³/mol. The van der Waals surface area contributed by atoms with Crippen molar-refractivity contribution in [3.05, 3.63) is 30.3 Å². The van der Waals surface area contributed by atoms with Crippen molar-refractivity contribution in [3.8, 4) is 0 Å². The number of rotatable bonds is 4. The zero-order valence-electron chi connectivity index (χ0n) is 12.0. The van der Waals surface area contributed by atoms with Crippen LogP contribution < -0.4 is 10.6 Å². The summed E-state index contributed by atoms with van der Waals surface area (Å²) in [6.07, 6.45) is 1.13. The molecule has 0 bridgehead atoms. The van der Waals surface area contributed by atoms with Gasteiger partial charge in [0.2, 0.25) is 5.91 Å². The van der Waals surface area contributed by atoms with Crippen LogP contribution >= 0.6 is 24.2 Å². The van der Waals surface area contributed by atoms with Crippen LogP contribution in [0.2, 0.25) is 0 Å². The average Bonchev–Trinajstić information content (AvgIpc) is 2.42. The van der Waals surface area contributed by atoms with Crippen LogP contribution in [0.1, 0.15) is 20.3 Å². The molecule has 2 N–H and O–H groups in total. The Morgan fingerprint density at radius 1 is 1.35 bits per heavy atom. The minimum atomic E-state index is 0. The van der Waals surface area contributed by atoms with Crippen LogP contribution in [0.5, 0.6) is 0 Å². The number of halogens is 1. The zero-order chi connectivity index (χ0) is 13.7. The van der Waals surface area contributed by atoms with Crippen LogP contribution in [0.15, 0.2) is 35.2 Å². The number of hydrogen-bond donors (Lipinski definition) is 2. The average molecular weight is 315 g/mol. The zero-order valence-corrected chi connectivity index (χ0v) is 13.6. The minimum Gasteiger partial charge on any atom is -0.351 e. The van der Waals surface area contributed by atoms with Crippen molar-refractivity contribution < 1.29 is 4.79 Å². The molecule has 2 rings (SSSR count). The van der Waals surface area contributed by atoms with E-state index in [1.54, 1.807) is 11.8 Å². The van der Waals surface area contributed by atoms with E-state index < -0.39 is 0 Å². The van der Waals surface area contributed by atoms with E-state index >= 15 is 0 Å². The standard InChI is InChI=1S/C15H22N2OS.ClH/c1-11-8-9-16-12(2)15(11)17-14(18)10-19-13-6-4-3-5-7-13;/h3-7,11-12,15-16H,8-10H2,1-2H3,(H,17,18);1H. The van der Waals surface area contributed by atoms with E-state index in [0.717, 1.165) is 17.9 Å². The van der Waals surface area contributed by atoms with E-state index in [0.29, 0.717) is 17.7 Å². The molecule has 1 aliphatic rings. The van der Waals surface area contributed by atoms with Gasteiger partial charge < -0.3 is 10.6 Å². The van der Waals surface area contributed by atoms with Crippen LogP contribution in [-0.2, 0) is 4.79 Å². The van der Waals surface area contributed by atoms with Crippen molar-refractivity contribution in [2.24, 2.45) is 5.92 Å². The highest BCUT2D eigenvalue weighted by Gasteiger charge is 2.28. The molecule has 1 heterocycles. The van der Waals surface area contributed by atoms with Gasteiger partial charge in [0.1, 0.15) is 0 Å². The minimum absolute atomic E-state index is 0. The Morgan fingerprint density at radius 2 is 2.05 bits per heavy atom. The third-order valence-electron chi connectivity index (χ3n) is 3.66. The van der Waals surface area contributed by atoms with E-state index in [1.165, 1.54) is 0 Å². The number of hydrogen-bond acceptors (Lipinski definition) is 3. The first kappa shape index (κ1) is 17.3. The summed E-state index contributed by atoms with van der Waals surface area (Å²) in [5, 5.41) is 6.59. The summed E-state index contributed by atoms with van der Waals surface area (Å²) in [5.41, 5.74) is 0. The molecule has 1 fully saturated rings. The van der Waals surface area contributed by atoms with Gasteiger partial charge in [-0.05, 0) is 37.9 Å². The van der Waals surface area contributed by atoms with Gasteiger partial charge in [0.05, 0.1) is 5.75 Å². The Hall–Kier alpha value is -0.710. The van der Waals surface area contributed by atoms with E-state index in [9.17, 15) is 4.79 Å². The van der Waals surface area contributed by atoms with Gasteiger partial charge in [0.15, 0.2) is 0 Å². The summed E-state index contributed by atoms with van der Waals surface area (Å²) < 4.78 is 0. The Kier molecular flexibility index (Phi) is 7.41. The van der Waals surface area contributed by atoms with Crippen molar-refractivity contribution >= 4 is 30.1 Å². The van der Waals surface area contributed by atoms with Gasteiger partial charge >= 0.3 is 0 Å². The maximum atomic E-state index is 12.0. The Balaban J connectivity index is 0.00000200. The SMILES string of the molecule is CC1CCNC(C)C1NC(=O)CSc1ccccc1.Cl. The van der Waals surface area contributed by atoms with Crippen LogP contribution in [0.4, 0.5) is 0 Å². The summed E-state index contributed by atoms with van der Waals surface area (Å²) >= 11 is 1.59. The number of amides is 1. The molecule has 5 heteroatoms. The van der Waals surface area contributed by atoms with Gasteiger partial charge in [-0.15, -0.1) is 24.2 Å². The molecule has 1 aliphatic heterocycles. The number of nitrogens with one attached hydrogen (secondary N) is 2. The molecule has 0 aromatic heterocycles. The van der Waals surface area contributed by atoms with Gasteiger partial charge in [-0.25, -0.2) is 0 Å². The second-order valence-corrected chi connectivity index (χ2v) is 6.25. The van der Waals surface area contributed by atoms with E-state index in [-0.39, 0.29) is 24.4 Å². The number of thioether (sulfide) groups is 1. The molecule has 0 saturated carbocycles. The van der Waals surface area contributed by atoms with E-state index in [1.807, 2.05) is 30.3 Å². The highest BCUT2D eigenvalue weighted by molar-refractivity contribution is 8.00. The van der Waals surface area contributed by atoms with Crippen LogP contribution in [0, 0.1) is 5.92 Å². The largest absolute Gasteiger partial charge is 0.351 e. The van der Waals surface area contributed by atoms with Crippen molar-refractivity contribution in [2.45, 2.75) is 37.2 Å². The molecule has 1 aromatic rings. The molecule has 0 radical (unpaired) electrons. The summed E-state index contributed by atoms with van der Waals surface area (Å²) in [6.45, 7) is 5.41. The lowest BCUT2D eigenvalue weighted by atomic mass is 9.89. The van der Waals surface area contributed by atoms with Crippen LogP contribution in [-0.4, -0.2) is 30.3 Å². The molecular weight excluding hydrogens is 292 g/mol. The van der Waals surface area contributed by atoms with Gasteiger partial charge in [-0.1, -0.05) is 25.1 Å². The molecule has 3 atom stereocenters. The van der Waals surface area contributed by atoms with Gasteiger partial charge in [0.25, 0.3) is 0 Å². The van der Waals surface area contributed by atoms with E-state index in [4.69, 9.17) is 0 Å². The fraction of sp³-hybridized carbons (Fsp3) is 0.533. The van der Waals surface area contributed by atoms with Gasteiger partial charge in [-0.3, -0.25) is 4.79 Å². The number of benzene rings is 1. The number of carbonyl (C=O) groups excluding carboxylic acids is 1. The lowest BCUT2D eigenvalue weighted by Gasteiger charge is -2.36. The fourth-order valence-corrected chi connectivity index (χ4v) is 3.23. The van der Waals surface area contributed by atoms with E-state index in [2.05, 4.69) is 24.5 Å². The number of piperidine rings is 1. The Morgan fingerprint density at radius 3 is 2.70 bits per heavy atom. The second kappa shape index (κ2) is 8.55. The van der Waals surface area contributed by atoms with Crippen LogP contribution in [0.25, 0.3) is 0 Å². The molecule has 1 aromatic carbocycles. The lowest BCUT2D eigenvalue weighted by Crippen LogP contribution is -2.56. The molecule has 112 valence electrons. The first-order valence-corrected chi connectivity index (χ1v) is 7.86. The first-order valence-electron chi connectivity index (χ1n) is 6.87. The monoisotopic (exact) mass is 314 g/mol. The summed E-state index contributed by atoms with van der Waals surface area (Å²) in [4.78, 5) is 13.2. The molecule has 0 aliphatic carbocycles. The molecule has 1 amide bonds. The molecule has 0 spiro atoms. The quantitative estimate of drug-likeness (QED) is 0.840. The first-order chi connectivity index (χ1) is 9.16. The fourth-order valence-electron chi connectivity index (χ4n) is 2.50. The normalized spacial score (nSPS) is 25.6.